The summed E-state index contributed by atoms with van der Waals surface area (Å²) in [6, 6.07) is 17.9. The number of ether oxygens (including phenoxy) is 2. The number of likely N-dealkylation sites (tertiary alicyclic amines) is 1. The van der Waals surface area contributed by atoms with Crippen LogP contribution in [0.2, 0.25) is 5.02 Å². The smallest absolute Gasteiger partial charge is 0.321 e. The third-order valence-electron chi connectivity index (χ3n) is 9.07. The minimum absolute atomic E-state index is 0.00202. The highest BCUT2D eigenvalue weighted by Crippen LogP contribution is 2.37. The summed E-state index contributed by atoms with van der Waals surface area (Å²) in [7, 11) is 0. The highest BCUT2D eigenvalue weighted by atomic mass is 35.5. The summed E-state index contributed by atoms with van der Waals surface area (Å²) in [4.78, 5) is 44.8. The van der Waals surface area contributed by atoms with Crippen LogP contribution < -0.4 is 9.47 Å². The average molecular weight is 695 g/mol. The number of aromatic nitrogens is 1. The van der Waals surface area contributed by atoms with Gasteiger partial charge in [-0.05, 0) is 73.7 Å². The lowest BCUT2D eigenvalue weighted by Gasteiger charge is -2.23. The van der Waals surface area contributed by atoms with E-state index < -0.39 is 12.0 Å². The Hall–Kier alpha value is -5.24. The Labute approximate surface area is 296 Å². The number of amides is 1. The molecule has 258 valence electrons. The Bertz CT molecular complexity index is 1970. The van der Waals surface area contributed by atoms with Gasteiger partial charge in [-0.15, -0.1) is 0 Å². The number of Topliss-reactive ketones (excluding diaryl/α,β-unsaturated/α-hetero) is 1. The summed E-state index contributed by atoms with van der Waals surface area (Å²) in [6.07, 6.45) is 2.99. The van der Waals surface area contributed by atoms with E-state index in [0.717, 1.165) is 27.8 Å². The van der Waals surface area contributed by atoms with E-state index in [2.05, 4.69) is 11.1 Å². The Balaban J connectivity index is 1.43. The molecule has 4 aromatic rings. The van der Waals surface area contributed by atoms with E-state index >= 15 is 0 Å². The topological polar surface area (TPSA) is 133 Å². The maximum Gasteiger partial charge on any atom is 0.321 e. The summed E-state index contributed by atoms with van der Waals surface area (Å²) in [5.74, 6) is -0.467. The maximum absolute atomic E-state index is 13.2. The number of carbonyl (C=O) groups is 3. The average Bonchev–Trinajstić information content (AvgIpc) is 3.48. The zero-order valence-electron chi connectivity index (χ0n) is 28.5. The van der Waals surface area contributed by atoms with Crippen molar-refractivity contribution in [3.63, 3.8) is 0 Å². The van der Waals surface area contributed by atoms with Gasteiger partial charge in [-0.2, -0.15) is 5.26 Å². The van der Waals surface area contributed by atoms with Crippen LogP contribution in [-0.2, 0) is 29.3 Å². The van der Waals surface area contributed by atoms with E-state index in [-0.39, 0.29) is 44.4 Å². The third kappa shape index (κ3) is 7.96. The fraction of sp³-hybridized carbons (Fsp3) is 0.308. The quantitative estimate of drug-likeness (QED) is 0.161. The first kappa shape index (κ1) is 36.1. The summed E-state index contributed by atoms with van der Waals surface area (Å²) in [6.45, 7) is 9.58. The fourth-order valence-electron chi connectivity index (χ4n) is 6.24. The number of ketones is 1. The molecule has 0 bridgehead atoms. The van der Waals surface area contributed by atoms with Gasteiger partial charge in [0, 0.05) is 61.2 Å². The second-order valence-electron chi connectivity index (χ2n) is 12.2. The molecule has 1 N–H and O–H groups in total. The number of nitrogens with zero attached hydrogens (tertiary/aromatic N) is 4. The molecule has 10 nitrogen and oxygen atoms in total. The Morgan fingerprint density at radius 2 is 1.68 bits per heavy atom. The molecule has 11 heteroatoms. The van der Waals surface area contributed by atoms with E-state index in [1.165, 1.54) is 6.20 Å². The largest absolute Gasteiger partial charge is 0.488 e. The van der Waals surface area contributed by atoms with Crippen molar-refractivity contribution in [1.82, 2.24) is 14.8 Å². The molecule has 1 saturated heterocycles. The SMILES string of the molecule is CCN(CC)C(=O)c1cccc(-c2cccc(COc3cc(OCc4cncc(C#N)c4)c(CN4CC(=O)C[C@H]4C(=O)O)cc3Cl)c2C)c1C. The summed E-state index contributed by atoms with van der Waals surface area (Å²) in [5, 5.41) is 19.3. The molecule has 0 aliphatic carbocycles. The first-order valence-corrected chi connectivity index (χ1v) is 16.8. The van der Waals surface area contributed by atoms with Crippen molar-refractivity contribution < 1.29 is 29.0 Å². The van der Waals surface area contributed by atoms with Crippen LogP contribution in [0.1, 0.15) is 64.0 Å². The lowest BCUT2D eigenvalue weighted by molar-refractivity contribution is -0.142. The van der Waals surface area contributed by atoms with Crippen LogP contribution in [-0.4, -0.2) is 63.2 Å². The molecule has 50 heavy (non-hydrogen) atoms. The van der Waals surface area contributed by atoms with E-state index in [1.54, 1.807) is 29.3 Å². The second-order valence-corrected chi connectivity index (χ2v) is 12.6. The van der Waals surface area contributed by atoms with Gasteiger partial charge in [0.15, 0.2) is 0 Å². The number of nitriles is 1. The van der Waals surface area contributed by atoms with Crippen molar-refractivity contribution in [3.8, 4) is 28.7 Å². The van der Waals surface area contributed by atoms with E-state index in [0.29, 0.717) is 51.9 Å². The third-order valence-corrected chi connectivity index (χ3v) is 9.36. The van der Waals surface area contributed by atoms with E-state index in [9.17, 15) is 24.8 Å². The molecule has 0 unspecified atom stereocenters. The van der Waals surface area contributed by atoms with E-state index in [4.69, 9.17) is 21.1 Å². The molecular weight excluding hydrogens is 656 g/mol. The predicted molar refractivity (Wildman–Crippen MR) is 189 cm³/mol. The van der Waals surface area contributed by atoms with Crippen LogP contribution in [0, 0.1) is 25.2 Å². The lowest BCUT2D eigenvalue weighted by Crippen LogP contribution is -2.35. The van der Waals surface area contributed by atoms with Gasteiger partial charge < -0.3 is 19.5 Å². The first-order chi connectivity index (χ1) is 24.0. The van der Waals surface area contributed by atoms with E-state index in [1.807, 2.05) is 69.0 Å². The molecule has 5 rings (SSSR count). The van der Waals surface area contributed by atoms with Crippen molar-refractivity contribution in [2.45, 2.75) is 59.9 Å². The summed E-state index contributed by atoms with van der Waals surface area (Å²) >= 11 is 6.76. The zero-order chi connectivity index (χ0) is 35.9. The number of hydrogen-bond acceptors (Lipinski definition) is 8. The molecule has 0 spiro atoms. The zero-order valence-corrected chi connectivity index (χ0v) is 29.3. The van der Waals surface area contributed by atoms with Crippen molar-refractivity contribution in [3.05, 3.63) is 111 Å². The predicted octanol–water partition coefficient (Wildman–Crippen LogP) is 6.76. The molecule has 1 amide bonds. The monoisotopic (exact) mass is 694 g/mol. The molecule has 1 fully saturated rings. The summed E-state index contributed by atoms with van der Waals surface area (Å²) < 4.78 is 12.5. The number of rotatable bonds is 13. The number of hydrogen-bond donors (Lipinski definition) is 1. The van der Waals surface area contributed by atoms with Gasteiger partial charge in [-0.25, -0.2) is 0 Å². The van der Waals surface area contributed by atoms with Crippen molar-refractivity contribution in [1.29, 1.82) is 5.26 Å². The Kier molecular flexibility index (Phi) is 11.5. The van der Waals surface area contributed by atoms with Crippen LogP contribution >= 0.6 is 11.6 Å². The number of carbonyl (C=O) groups excluding carboxylic acids is 2. The molecular formula is C39H39ClN4O6. The molecule has 1 aliphatic heterocycles. The minimum Gasteiger partial charge on any atom is -0.488 e. The van der Waals surface area contributed by atoms with Gasteiger partial charge in [-0.1, -0.05) is 41.9 Å². The number of benzene rings is 3. The van der Waals surface area contributed by atoms with Gasteiger partial charge in [0.25, 0.3) is 5.91 Å². The Morgan fingerprint density at radius 1 is 0.980 bits per heavy atom. The lowest BCUT2D eigenvalue weighted by atomic mass is 9.91. The van der Waals surface area contributed by atoms with Crippen LogP contribution in [0.3, 0.4) is 0 Å². The number of aliphatic carboxylic acids is 1. The highest BCUT2D eigenvalue weighted by molar-refractivity contribution is 6.32. The van der Waals surface area contributed by atoms with Crippen molar-refractivity contribution >= 4 is 29.3 Å². The van der Waals surface area contributed by atoms with Crippen LogP contribution in [0.4, 0.5) is 0 Å². The number of pyridine rings is 1. The molecule has 0 radical (unpaired) electrons. The van der Waals surface area contributed by atoms with Gasteiger partial charge in [0.05, 0.1) is 17.1 Å². The van der Waals surface area contributed by atoms with Gasteiger partial charge in [0.1, 0.15) is 42.6 Å². The van der Waals surface area contributed by atoms with Crippen LogP contribution in [0.15, 0.2) is 67.0 Å². The highest BCUT2D eigenvalue weighted by Gasteiger charge is 2.36. The maximum atomic E-state index is 13.2. The van der Waals surface area contributed by atoms with Crippen LogP contribution in [0.25, 0.3) is 11.1 Å². The van der Waals surface area contributed by atoms with Crippen molar-refractivity contribution in [2.75, 3.05) is 19.6 Å². The standard InChI is InChI=1S/C39H39ClN4O6/c1-5-43(6-2)38(46)33-12-8-11-32(25(33)4)31-10-7-9-28(24(31)3)23-50-37-16-36(49-22-27-13-26(17-41)18-42-19-27)29(14-34(37)40)20-44-21-30(45)15-35(44)39(47)48/h7-14,16,18-19,35H,5-6,15,20-23H2,1-4H3,(H,47,48)/t35-/m0/s1. The number of carboxylic acid groups (broad SMARTS) is 1. The first-order valence-electron chi connectivity index (χ1n) is 16.4. The Morgan fingerprint density at radius 3 is 2.38 bits per heavy atom. The molecule has 1 aliphatic rings. The number of halogens is 1. The summed E-state index contributed by atoms with van der Waals surface area (Å²) in [5.41, 5.74) is 7.10. The molecule has 3 aromatic carbocycles. The van der Waals surface area contributed by atoms with Gasteiger partial charge in [0.2, 0.25) is 0 Å². The molecule has 0 saturated carbocycles. The number of carboxylic acids is 1. The second kappa shape index (κ2) is 16.0. The van der Waals surface area contributed by atoms with Crippen molar-refractivity contribution in [2.24, 2.45) is 0 Å². The normalized spacial score (nSPS) is 14.3. The molecule has 1 atom stereocenters. The molecule has 2 heterocycles. The molecule has 1 aromatic heterocycles. The van der Waals surface area contributed by atoms with Gasteiger partial charge >= 0.3 is 5.97 Å². The van der Waals surface area contributed by atoms with Gasteiger partial charge in [-0.3, -0.25) is 24.3 Å². The van der Waals surface area contributed by atoms with Crippen LogP contribution in [0.5, 0.6) is 11.5 Å². The fourth-order valence-corrected chi connectivity index (χ4v) is 6.48. The minimum atomic E-state index is -1.07.